The van der Waals surface area contributed by atoms with Gasteiger partial charge in [-0.05, 0) is 37.1 Å². The molecule has 1 aliphatic rings. The Kier molecular flexibility index (Phi) is 5.67. The lowest BCUT2D eigenvalue weighted by atomic mass is 9.92. The summed E-state index contributed by atoms with van der Waals surface area (Å²) < 4.78 is 11.3. The van der Waals surface area contributed by atoms with Gasteiger partial charge >= 0.3 is 0 Å². The van der Waals surface area contributed by atoms with Crippen LogP contribution in [0.3, 0.4) is 0 Å². The van der Waals surface area contributed by atoms with Crippen molar-refractivity contribution in [1.82, 2.24) is 5.32 Å². The van der Waals surface area contributed by atoms with Gasteiger partial charge in [-0.2, -0.15) is 0 Å². The number of benzene rings is 1. The first-order valence-electron chi connectivity index (χ1n) is 7.31. The second kappa shape index (κ2) is 7.51. The molecule has 1 aliphatic carbocycles. The van der Waals surface area contributed by atoms with Crippen molar-refractivity contribution in [1.29, 1.82) is 0 Å². The summed E-state index contributed by atoms with van der Waals surface area (Å²) in [7, 11) is 1.69. The van der Waals surface area contributed by atoms with Crippen LogP contribution in [0.25, 0.3) is 0 Å². The van der Waals surface area contributed by atoms with E-state index in [1.807, 2.05) is 12.1 Å². The zero-order valence-corrected chi connectivity index (χ0v) is 12.0. The fourth-order valence-electron chi connectivity index (χ4n) is 2.72. The minimum atomic E-state index is 0.357. The minimum Gasteiger partial charge on any atom is -0.497 e. The van der Waals surface area contributed by atoms with Gasteiger partial charge in [0.15, 0.2) is 0 Å². The van der Waals surface area contributed by atoms with Crippen LogP contribution in [-0.2, 0) is 11.3 Å². The van der Waals surface area contributed by atoms with E-state index in [2.05, 4.69) is 24.4 Å². The molecule has 1 aromatic rings. The molecule has 0 bridgehead atoms. The highest BCUT2D eigenvalue weighted by molar-refractivity contribution is 5.26. The van der Waals surface area contributed by atoms with Crippen molar-refractivity contribution >= 4 is 0 Å². The number of ether oxygens (including phenoxy) is 2. The number of hydrogen-bond acceptors (Lipinski definition) is 3. The van der Waals surface area contributed by atoms with E-state index in [0.29, 0.717) is 18.8 Å². The maximum atomic E-state index is 6.10. The largest absolute Gasteiger partial charge is 0.497 e. The standard InChI is InChI=1S/C16H25NO2/c1-3-17-15-6-4-5-7-16(15)19-12-13-8-10-14(18-2)11-9-13/h8-11,15-17H,3-7,12H2,1-2H3. The highest BCUT2D eigenvalue weighted by Gasteiger charge is 2.24. The fourth-order valence-corrected chi connectivity index (χ4v) is 2.72. The van der Waals surface area contributed by atoms with E-state index >= 15 is 0 Å². The number of methoxy groups -OCH3 is 1. The molecule has 0 saturated heterocycles. The summed E-state index contributed by atoms with van der Waals surface area (Å²) in [6.07, 6.45) is 5.38. The molecule has 1 fully saturated rings. The van der Waals surface area contributed by atoms with Crippen LogP contribution in [0.5, 0.6) is 5.75 Å². The second-order valence-corrected chi connectivity index (χ2v) is 5.15. The van der Waals surface area contributed by atoms with Crippen molar-refractivity contribution in [2.24, 2.45) is 0 Å². The van der Waals surface area contributed by atoms with Crippen molar-refractivity contribution in [3.63, 3.8) is 0 Å². The van der Waals surface area contributed by atoms with E-state index < -0.39 is 0 Å². The second-order valence-electron chi connectivity index (χ2n) is 5.15. The number of hydrogen-bond donors (Lipinski definition) is 1. The van der Waals surface area contributed by atoms with Gasteiger partial charge in [0.25, 0.3) is 0 Å². The Morgan fingerprint density at radius 3 is 2.58 bits per heavy atom. The zero-order chi connectivity index (χ0) is 13.5. The van der Waals surface area contributed by atoms with Gasteiger partial charge in [-0.15, -0.1) is 0 Å². The summed E-state index contributed by atoms with van der Waals surface area (Å²) in [6, 6.07) is 8.65. The maximum Gasteiger partial charge on any atom is 0.118 e. The van der Waals surface area contributed by atoms with Gasteiger partial charge in [0.2, 0.25) is 0 Å². The van der Waals surface area contributed by atoms with Crippen molar-refractivity contribution < 1.29 is 9.47 Å². The highest BCUT2D eigenvalue weighted by atomic mass is 16.5. The minimum absolute atomic E-state index is 0.357. The molecule has 0 amide bonds. The first-order chi connectivity index (χ1) is 9.33. The molecule has 1 N–H and O–H groups in total. The molecular formula is C16H25NO2. The van der Waals surface area contributed by atoms with Crippen LogP contribution >= 0.6 is 0 Å². The van der Waals surface area contributed by atoms with Crippen LogP contribution in [0.15, 0.2) is 24.3 Å². The van der Waals surface area contributed by atoms with Gasteiger partial charge in [0.05, 0.1) is 19.8 Å². The summed E-state index contributed by atoms with van der Waals surface area (Å²) in [5, 5.41) is 3.54. The maximum absolute atomic E-state index is 6.10. The first kappa shape index (κ1) is 14.4. The van der Waals surface area contributed by atoms with Gasteiger partial charge in [0, 0.05) is 6.04 Å². The van der Waals surface area contributed by atoms with Gasteiger partial charge < -0.3 is 14.8 Å². The Morgan fingerprint density at radius 2 is 1.89 bits per heavy atom. The lowest BCUT2D eigenvalue weighted by Gasteiger charge is -2.32. The molecule has 0 aliphatic heterocycles. The van der Waals surface area contributed by atoms with Gasteiger partial charge in [-0.3, -0.25) is 0 Å². The lowest BCUT2D eigenvalue weighted by Crippen LogP contribution is -2.43. The third-order valence-corrected chi connectivity index (χ3v) is 3.79. The van der Waals surface area contributed by atoms with Crippen molar-refractivity contribution in [2.45, 2.75) is 51.4 Å². The van der Waals surface area contributed by atoms with Crippen LogP contribution in [-0.4, -0.2) is 25.8 Å². The van der Waals surface area contributed by atoms with E-state index in [0.717, 1.165) is 12.3 Å². The van der Waals surface area contributed by atoms with Crippen LogP contribution in [0.1, 0.15) is 38.2 Å². The Hall–Kier alpha value is -1.06. The van der Waals surface area contributed by atoms with Crippen LogP contribution < -0.4 is 10.1 Å². The van der Waals surface area contributed by atoms with E-state index in [1.54, 1.807) is 7.11 Å². The van der Waals surface area contributed by atoms with Gasteiger partial charge in [-0.1, -0.05) is 31.9 Å². The number of rotatable bonds is 6. The van der Waals surface area contributed by atoms with Crippen molar-refractivity contribution in [2.75, 3.05) is 13.7 Å². The summed E-state index contributed by atoms with van der Waals surface area (Å²) >= 11 is 0. The average molecular weight is 263 g/mol. The number of nitrogens with one attached hydrogen (secondary N) is 1. The summed E-state index contributed by atoms with van der Waals surface area (Å²) in [4.78, 5) is 0. The quantitative estimate of drug-likeness (QED) is 0.855. The molecule has 1 aromatic carbocycles. The van der Waals surface area contributed by atoms with E-state index in [-0.39, 0.29) is 0 Å². The Labute approximate surface area is 116 Å². The molecule has 1 saturated carbocycles. The topological polar surface area (TPSA) is 30.5 Å². The SMILES string of the molecule is CCNC1CCCCC1OCc1ccc(OC)cc1. The van der Waals surface area contributed by atoms with Crippen molar-refractivity contribution in [3.05, 3.63) is 29.8 Å². The molecule has 19 heavy (non-hydrogen) atoms. The Morgan fingerprint density at radius 1 is 1.16 bits per heavy atom. The Bertz CT molecular complexity index is 362. The average Bonchev–Trinajstić information content (AvgIpc) is 2.47. The predicted octanol–water partition coefficient (Wildman–Crippen LogP) is 3.13. The molecule has 0 aromatic heterocycles. The third kappa shape index (κ3) is 4.22. The van der Waals surface area contributed by atoms with Crippen molar-refractivity contribution in [3.8, 4) is 5.75 Å². The normalized spacial score (nSPS) is 23.3. The first-order valence-corrected chi connectivity index (χ1v) is 7.31. The van der Waals surface area contributed by atoms with E-state index in [9.17, 15) is 0 Å². The smallest absolute Gasteiger partial charge is 0.118 e. The van der Waals surface area contributed by atoms with E-state index in [1.165, 1.54) is 31.2 Å². The molecule has 0 heterocycles. The number of likely N-dealkylation sites (N-methyl/N-ethyl adjacent to an activating group) is 1. The fraction of sp³-hybridized carbons (Fsp3) is 0.625. The van der Waals surface area contributed by atoms with Crippen LogP contribution in [0.4, 0.5) is 0 Å². The Balaban J connectivity index is 1.85. The van der Waals surface area contributed by atoms with Gasteiger partial charge in [-0.25, -0.2) is 0 Å². The van der Waals surface area contributed by atoms with Gasteiger partial charge in [0.1, 0.15) is 5.75 Å². The highest BCUT2D eigenvalue weighted by Crippen LogP contribution is 2.22. The predicted molar refractivity (Wildman–Crippen MR) is 77.5 cm³/mol. The lowest BCUT2D eigenvalue weighted by molar-refractivity contribution is -0.00504. The summed E-state index contributed by atoms with van der Waals surface area (Å²) in [6.45, 7) is 3.87. The molecule has 2 unspecified atom stereocenters. The van der Waals surface area contributed by atoms with Crippen LogP contribution in [0, 0.1) is 0 Å². The molecular weight excluding hydrogens is 238 g/mol. The summed E-state index contributed by atoms with van der Waals surface area (Å²) in [5.74, 6) is 0.895. The third-order valence-electron chi connectivity index (χ3n) is 3.79. The molecule has 0 radical (unpaired) electrons. The molecule has 2 rings (SSSR count). The monoisotopic (exact) mass is 263 g/mol. The summed E-state index contributed by atoms with van der Waals surface area (Å²) in [5.41, 5.74) is 1.21. The molecule has 3 nitrogen and oxygen atoms in total. The molecule has 3 heteroatoms. The molecule has 2 atom stereocenters. The molecule has 106 valence electrons. The zero-order valence-electron chi connectivity index (χ0n) is 12.0. The molecule has 0 spiro atoms. The van der Waals surface area contributed by atoms with E-state index in [4.69, 9.17) is 9.47 Å². The van der Waals surface area contributed by atoms with Crippen LogP contribution in [0.2, 0.25) is 0 Å².